The van der Waals surface area contributed by atoms with E-state index in [2.05, 4.69) is 11.0 Å². The van der Waals surface area contributed by atoms with E-state index in [0.29, 0.717) is 19.6 Å². The van der Waals surface area contributed by atoms with Gasteiger partial charge in [-0.1, -0.05) is 18.2 Å². The van der Waals surface area contributed by atoms with E-state index < -0.39 is 0 Å². The number of rotatable bonds is 3. The number of benzene rings is 1. The number of para-hydroxylation sites is 1. The van der Waals surface area contributed by atoms with Crippen LogP contribution >= 0.6 is 0 Å². The lowest BCUT2D eigenvalue weighted by atomic mass is 9.91. The van der Waals surface area contributed by atoms with E-state index in [0.717, 1.165) is 44.6 Å². The molecule has 134 valence electrons. The van der Waals surface area contributed by atoms with Gasteiger partial charge in [0.2, 0.25) is 5.91 Å². The normalized spacial score (nSPS) is 22.4. The van der Waals surface area contributed by atoms with Crippen LogP contribution < -0.4 is 4.90 Å². The molecule has 6 nitrogen and oxygen atoms in total. The number of carbonyl (C=O) groups excluding carboxylic acids is 2. The SMILES string of the molecule is CCN1CC2(CCN(CC(=O)N3CCc4ccccc43)CC2)OC1=O. The van der Waals surface area contributed by atoms with Gasteiger partial charge in [0.15, 0.2) is 0 Å². The van der Waals surface area contributed by atoms with Gasteiger partial charge in [-0.2, -0.15) is 0 Å². The first-order valence-corrected chi connectivity index (χ1v) is 9.19. The smallest absolute Gasteiger partial charge is 0.410 e. The zero-order valence-electron chi connectivity index (χ0n) is 14.7. The summed E-state index contributed by atoms with van der Waals surface area (Å²) in [5.74, 6) is 0.166. The number of nitrogens with zero attached hydrogens (tertiary/aromatic N) is 3. The molecule has 3 heterocycles. The van der Waals surface area contributed by atoms with Crippen molar-refractivity contribution in [3.8, 4) is 0 Å². The van der Waals surface area contributed by atoms with Crippen LogP contribution in [0.4, 0.5) is 10.5 Å². The maximum atomic E-state index is 12.7. The molecule has 1 aromatic rings. The van der Waals surface area contributed by atoms with Gasteiger partial charge < -0.3 is 14.5 Å². The van der Waals surface area contributed by atoms with Crippen LogP contribution in [0.1, 0.15) is 25.3 Å². The van der Waals surface area contributed by atoms with Crippen LogP contribution in [0.3, 0.4) is 0 Å². The molecule has 25 heavy (non-hydrogen) atoms. The Morgan fingerprint density at radius 3 is 2.68 bits per heavy atom. The fraction of sp³-hybridized carbons (Fsp3) is 0.579. The molecule has 4 rings (SSSR count). The molecule has 2 saturated heterocycles. The predicted octanol–water partition coefficient (Wildman–Crippen LogP) is 1.88. The minimum atomic E-state index is -0.340. The van der Waals surface area contributed by atoms with Crippen LogP contribution in [0.25, 0.3) is 0 Å². The summed E-state index contributed by atoms with van der Waals surface area (Å²) < 4.78 is 5.66. The molecule has 2 amide bonds. The van der Waals surface area contributed by atoms with E-state index in [1.165, 1.54) is 5.56 Å². The van der Waals surface area contributed by atoms with E-state index in [1.54, 1.807) is 4.90 Å². The second-order valence-electron chi connectivity index (χ2n) is 7.27. The number of anilines is 1. The quantitative estimate of drug-likeness (QED) is 0.841. The van der Waals surface area contributed by atoms with Crippen LogP contribution in [0, 0.1) is 0 Å². The Balaban J connectivity index is 1.34. The highest BCUT2D eigenvalue weighted by atomic mass is 16.6. The molecular formula is C19H25N3O3. The third kappa shape index (κ3) is 2.99. The fourth-order valence-corrected chi connectivity index (χ4v) is 4.19. The third-order valence-corrected chi connectivity index (χ3v) is 5.74. The lowest BCUT2D eigenvalue weighted by Crippen LogP contribution is -2.49. The summed E-state index contributed by atoms with van der Waals surface area (Å²) in [6, 6.07) is 8.15. The van der Waals surface area contributed by atoms with Gasteiger partial charge in [0.05, 0.1) is 13.1 Å². The van der Waals surface area contributed by atoms with Crippen molar-refractivity contribution in [2.24, 2.45) is 0 Å². The molecule has 6 heteroatoms. The minimum absolute atomic E-state index is 0.166. The average Bonchev–Trinajstić information content (AvgIpc) is 3.18. The highest BCUT2D eigenvalue weighted by molar-refractivity contribution is 5.96. The summed E-state index contributed by atoms with van der Waals surface area (Å²) in [6.45, 7) is 6.16. The molecular weight excluding hydrogens is 318 g/mol. The Hall–Kier alpha value is -2.08. The van der Waals surface area contributed by atoms with Crippen molar-refractivity contribution in [1.29, 1.82) is 0 Å². The van der Waals surface area contributed by atoms with Crippen molar-refractivity contribution in [3.63, 3.8) is 0 Å². The van der Waals surface area contributed by atoms with Crippen molar-refractivity contribution in [3.05, 3.63) is 29.8 Å². The Kier molecular flexibility index (Phi) is 4.15. The summed E-state index contributed by atoms with van der Waals surface area (Å²) in [5.41, 5.74) is 1.97. The lowest BCUT2D eigenvalue weighted by molar-refractivity contribution is -0.120. The monoisotopic (exact) mass is 343 g/mol. The van der Waals surface area contributed by atoms with Gasteiger partial charge in [-0.25, -0.2) is 4.79 Å². The topological polar surface area (TPSA) is 53.1 Å². The van der Waals surface area contributed by atoms with E-state index in [4.69, 9.17) is 4.74 Å². The van der Waals surface area contributed by atoms with Crippen molar-refractivity contribution in [1.82, 2.24) is 9.80 Å². The van der Waals surface area contributed by atoms with Gasteiger partial charge >= 0.3 is 6.09 Å². The maximum Gasteiger partial charge on any atom is 0.410 e. The Morgan fingerprint density at radius 2 is 1.96 bits per heavy atom. The second-order valence-corrected chi connectivity index (χ2v) is 7.27. The number of ether oxygens (including phenoxy) is 1. The van der Waals surface area contributed by atoms with E-state index in [1.807, 2.05) is 30.0 Å². The molecule has 0 N–H and O–H groups in total. The first-order chi connectivity index (χ1) is 12.1. The molecule has 0 radical (unpaired) electrons. The van der Waals surface area contributed by atoms with E-state index in [9.17, 15) is 9.59 Å². The van der Waals surface area contributed by atoms with Gasteiger partial charge in [-0.15, -0.1) is 0 Å². The van der Waals surface area contributed by atoms with Crippen LogP contribution in [-0.4, -0.2) is 66.7 Å². The number of hydrogen-bond acceptors (Lipinski definition) is 4. The minimum Gasteiger partial charge on any atom is -0.441 e. The van der Waals surface area contributed by atoms with E-state index in [-0.39, 0.29) is 17.6 Å². The zero-order chi connectivity index (χ0) is 17.4. The fourth-order valence-electron chi connectivity index (χ4n) is 4.19. The highest BCUT2D eigenvalue weighted by Crippen LogP contribution is 2.33. The molecule has 3 aliphatic heterocycles. The number of hydrogen-bond donors (Lipinski definition) is 0. The van der Waals surface area contributed by atoms with Gasteiger partial charge in [0.1, 0.15) is 5.60 Å². The molecule has 2 fully saturated rings. The second kappa shape index (κ2) is 6.33. The largest absolute Gasteiger partial charge is 0.441 e. The Bertz CT molecular complexity index is 682. The number of piperidine rings is 1. The predicted molar refractivity (Wildman–Crippen MR) is 94.6 cm³/mol. The average molecular weight is 343 g/mol. The molecule has 1 aromatic carbocycles. The number of fused-ring (bicyclic) bond motifs is 1. The molecule has 0 saturated carbocycles. The van der Waals surface area contributed by atoms with Gasteiger partial charge in [-0.3, -0.25) is 9.69 Å². The first-order valence-electron chi connectivity index (χ1n) is 9.19. The summed E-state index contributed by atoms with van der Waals surface area (Å²) in [6.07, 6.45) is 2.35. The number of likely N-dealkylation sites (N-methyl/N-ethyl adjacent to an activating group) is 1. The summed E-state index contributed by atoms with van der Waals surface area (Å²) in [4.78, 5) is 30.5. The number of carbonyl (C=O) groups is 2. The molecule has 3 aliphatic rings. The standard InChI is InChI=1S/C19H25N3O3/c1-2-21-14-19(25-18(21)24)8-11-20(12-9-19)13-17(23)22-10-7-15-5-3-4-6-16(15)22/h3-6H,2,7-14H2,1H3. The van der Waals surface area contributed by atoms with Crippen LogP contribution in [0.2, 0.25) is 0 Å². The van der Waals surface area contributed by atoms with Gasteiger partial charge in [0, 0.05) is 44.7 Å². The molecule has 0 aromatic heterocycles. The summed E-state index contributed by atoms with van der Waals surface area (Å²) in [5, 5.41) is 0. The van der Waals surface area contributed by atoms with Crippen molar-refractivity contribution in [2.75, 3.05) is 44.2 Å². The van der Waals surface area contributed by atoms with Crippen LogP contribution in [-0.2, 0) is 16.0 Å². The van der Waals surface area contributed by atoms with Crippen LogP contribution in [0.15, 0.2) is 24.3 Å². The van der Waals surface area contributed by atoms with Gasteiger partial charge in [-0.05, 0) is 25.0 Å². The summed E-state index contributed by atoms with van der Waals surface area (Å²) in [7, 11) is 0. The Morgan fingerprint density at radius 1 is 1.20 bits per heavy atom. The number of amides is 2. The highest BCUT2D eigenvalue weighted by Gasteiger charge is 2.46. The van der Waals surface area contributed by atoms with Crippen molar-refractivity contribution >= 4 is 17.7 Å². The summed E-state index contributed by atoms with van der Waals surface area (Å²) >= 11 is 0. The zero-order valence-corrected chi connectivity index (χ0v) is 14.7. The molecule has 0 aliphatic carbocycles. The van der Waals surface area contributed by atoms with Gasteiger partial charge in [0.25, 0.3) is 0 Å². The first kappa shape index (κ1) is 16.4. The van der Waals surface area contributed by atoms with E-state index >= 15 is 0 Å². The maximum absolute atomic E-state index is 12.7. The molecule has 0 bridgehead atoms. The number of likely N-dealkylation sites (tertiary alicyclic amines) is 1. The lowest BCUT2D eigenvalue weighted by Gasteiger charge is -2.37. The van der Waals surface area contributed by atoms with Crippen LogP contribution in [0.5, 0.6) is 0 Å². The molecule has 0 unspecified atom stereocenters. The molecule has 0 atom stereocenters. The molecule has 1 spiro atoms. The Labute approximate surface area is 148 Å². The third-order valence-electron chi connectivity index (χ3n) is 5.74. The van der Waals surface area contributed by atoms with Crippen molar-refractivity contribution < 1.29 is 14.3 Å². The van der Waals surface area contributed by atoms with Crippen molar-refractivity contribution in [2.45, 2.75) is 31.8 Å².